The first-order valence-electron chi connectivity index (χ1n) is 5.17. The van der Waals surface area contributed by atoms with E-state index in [2.05, 4.69) is 37.9 Å². The number of nitrogens with zero attached hydrogens (tertiary/aromatic N) is 2. The fourth-order valence-electron chi connectivity index (χ4n) is 1.39. The third kappa shape index (κ3) is 3.37. The lowest BCUT2D eigenvalue weighted by Crippen LogP contribution is -2.06. The summed E-state index contributed by atoms with van der Waals surface area (Å²) in [5, 5.41) is 3.10. The number of aromatic nitrogens is 2. The van der Waals surface area contributed by atoms with E-state index in [-0.39, 0.29) is 0 Å². The largest absolute Gasteiger partial charge is 0.424 e. The van der Waals surface area contributed by atoms with Gasteiger partial charge in [-0.05, 0) is 35.7 Å². The second-order valence-corrected chi connectivity index (χ2v) is 4.67. The molecule has 1 aromatic carbocycles. The van der Waals surface area contributed by atoms with Gasteiger partial charge in [-0.15, -0.1) is 0 Å². The van der Waals surface area contributed by atoms with Gasteiger partial charge in [-0.3, -0.25) is 0 Å². The Morgan fingerprint density at radius 3 is 2.65 bits per heavy atom. The molecule has 0 amide bonds. The summed E-state index contributed by atoms with van der Waals surface area (Å²) in [7, 11) is 1.90. The van der Waals surface area contributed by atoms with Crippen LogP contribution in [-0.2, 0) is 6.54 Å². The fourth-order valence-corrected chi connectivity index (χ4v) is 1.67. The van der Waals surface area contributed by atoms with Crippen molar-refractivity contribution >= 4 is 22.6 Å². The quantitative estimate of drug-likeness (QED) is 0.869. The molecule has 17 heavy (non-hydrogen) atoms. The van der Waals surface area contributed by atoms with Crippen LogP contribution in [0.4, 0.5) is 0 Å². The summed E-state index contributed by atoms with van der Waals surface area (Å²) < 4.78 is 6.64. The molecule has 2 aromatic rings. The normalized spacial score (nSPS) is 10.2. The maximum absolute atomic E-state index is 5.65. The molecule has 0 bridgehead atoms. The molecule has 0 atom stereocenters. The Kier molecular flexibility index (Phi) is 4.27. The molecular formula is C12H12IN3O. The predicted octanol–water partition coefficient (Wildman–Crippen LogP) is 2.59. The van der Waals surface area contributed by atoms with Crippen LogP contribution in [0, 0.1) is 3.57 Å². The van der Waals surface area contributed by atoms with Crippen molar-refractivity contribution in [3.63, 3.8) is 0 Å². The molecule has 0 aliphatic carbocycles. The average molecular weight is 341 g/mol. The van der Waals surface area contributed by atoms with Gasteiger partial charge in [0.25, 0.3) is 0 Å². The lowest BCUT2D eigenvalue weighted by Gasteiger charge is -2.08. The Morgan fingerprint density at radius 1 is 1.24 bits per heavy atom. The molecule has 0 radical (unpaired) electrons. The molecule has 0 fully saturated rings. The molecule has 88 valence electrons. The van der Waals surface area contributed by atoms with E-state index in [1.807, 2.05) is 31.3 Å². The summed E-state index contributed by atoms with van der Waals surface area (Å²) in [5.41, 5.74) is 1.08. The van der Waals surface area contributed by atoms with Crippen molar-refractivity contribution in [3.8, 4) is 11.8 Å². The van der Waals surface area contributed by atoms with Gasteiger partial charge in [0, 0.05) is 28.1 Å². The molecule has 0 unspecified atom stereocenters. The molecule has 5 heteroatoms. The van der Waals surface area contributed by atoms with Gasteiger partial charge < -0.3 is 10.1 Å². The van der Waals surface area contributed by atoms with E-state index in [0.29, 0.717) is 6.01 Å². The first-order chi connectivity index (χ1) is 8.29. The van der Waals surface area contributed by atoms with E-state index in [9.17, 15) is 0 Å². The highest BCUT2D eigenvalue weighted by Crippen LogP contribution is 2.22. The minimum absolute atomic E-state index is 0.369. The SMILES string of the molecule is CNCc1ccccc1Oc1ncc(I)cn1. The van der Waals surface area contributed by atoms with Crippen molar-refractivity contribution in [2.24, 2.45) is 0 Å². The second kappa shape index (κ2) is 5.92. The van der Waals surface area contributed by atoms with E-state index in [1.165, 1.54) is 0 Å². The smallest absolute Gasteiger partial charge is 0.321 e. The molecule has 0 saturated carbocycles. The molecule has 0 saturated heterocycles. The summed E-state index contributed by atoms with van der Waals surface area (Å²) in [6, 6.07) is 8.20. The molecule has 0 aliphatic rings. The zero-order valence-electron chi connectivity index (χ0n) is 9.35. The van der Waals surface area contributed by atoms with Crippen molar-refractivity contribution in [2.45, 2.75) is 6.54 Å². The van der Waals surface area contributed by atoms with Gasteiger partial charge in [0.15, 0.2) is 0 Å². The zero-order chi connectivity index (χ0) is 12.1. The standard InChI is InChI=1S/C12H12IN3O/c1-14-6-9-4-2-3-5-11(9)17-12-15-7-10(13)8-16-12/h2-5,7-8,14H,6H2,1H3. The number of hydrogen-bond acceptors (Lipinski definition) is 4. The Hall–Kier alpha value is -1.21. The van der Waals surface area contributed by atoms with Gasteiger partial charge in [-0.2, -0.15) is 0 Å². The molecule has 4 nitrogen and oxygen atoms in total. The number of ether oxygens (including phenoxy) is 1. The number of para-hydroxylation sites is 1. The fraction of sp³-hybridized carbons (Fsp3) is 0.167. The van der Waals surface area contributed by atoms with E-state index < -0.39 is 0 Å². The van der Waals surface area contributed by atoms with Crippen molar-refractivity contribution in [1.29, 1.82) is 0 Å². The summed E-state index contributed by atoms with van der Waals surface area (Å²) in [6.45, 7) is 0.751. The van der Waals surface area contributed by atoms with Gasteiger partial charge in [0.1, 0.15) is 5.75 Å². The molecule has 1 N–H and O–H groups in total. The van der Waals surface area contributed by atoms with Crippen LogP contribution in [0.5, 0.6) is 11.8 Å². The van der Waals surface area contributed by atoms with E-state index in [1.54, 1.807) is 12.4 Å². The lowest BCUT2D eigenvalue weighted by atomic mass is 10.2. The van der Waals surface area contributed by atoms with Crippen LogP contribution in [0.2, 0.25) is 0 Å². The number of rotatable bonds is 4. The van der Waals surface area contributed by atoms with Crippen LogP contribution in [0.1, 0.15) is 5.56 Å². The highest BCUT2D eigenvalue weighted by Gasteiger charge is 2.05. The van der Waals surface area contributed by atoms with Crippen LogP contribution in [0.15, 0.2) is 36.7 Å². The van der Waals surface area contributed by atoms with Crippen molar-refractivity contribution < 1.29 is 4.74 Å². The van der Waals surface area contributed by atoms with Crippen molar-refractivity contribution in [1.82, 2.24) is 15.3 Å². The van der Waals surface area contributed by atoms with E-state index in [0.717, 1.165) is 21.4 Å². The molecule has 2 rings (SSSR count). The van der Waals surface area contributed by atoms with Crippen LogP contribution >= 0.6 is 22.6 Å². The van der Waals surface area contributed by atoms with Gasteiger partial charge in [-0.1, -0.05) is 18.2 Å². The topological polar surface area (TPSA) is 47.0 Å². The maximum Gasteiger partial charge on any atom is 0.321 e. The van der Waals surface area contributed by atoms with E-state index >= 15 is 0 Å². The van der Waals surface area contributed by atoms with Gasteiger partial charge in [-0.25, -0.2) is 9.97 Å². The number of hydrogen-bond donors (Lipinski definition) is 1. The number of nitrogens with one attached hydrogen (secondary N) is 1. The summed E-state index contributed by atoms with van der Waals surface area (Å²) in [5.74, 6) is 0.781. The first-order valence-corrected chi connectivity index (χ1v) is 6.25. The van der Waals surface area contributed by atoms with Crippen LogP contribution in [0.25, 0.3) is 0 Å². The molecule has 1 aromatic heterocycles. The third-order valence-electron chi connectivity index (χ3n) is 2.14. The average Bonchev–Trinajstić information content (AvgIpc) is 2.35. The number of benzene rings is 1. The monoisotopic (exact) mass is 341 g/mol. The van der Waals surface area contributed by atoms with Crippen LogP contribution in [-0.4, -0.2) is 17.0 Å². The van der Waals surface area contributed by atoms with Gasteiger partial charge in [0.05, 0.1) is 0 Å². The molecular weight excluding hydrogens is 329 g/mol. The van der Waals surface area contributed by atoms with E-state index in [4.69, 9.17) is 4.74 Å². The zero-order valence-corrected chi connectivity index (χ0v) is 11.5. The van der Waals surface area contributed by atoms with Gasteiger partial charge >= 0.3 is 6.01 Å². The predicted molar refractivity (Wildman–Crippen MR) is 74.0 cm³/mol. The minimum atomic E-state index is 0.369. The summed E-state index contributed by atoms with van der Waals surface area (Å²) >= 11 is 2.16. The van der Waals surface area contributed by atoms with Crippen molar-refractivity contribution in [2.75, 3.05) is 7.05 Å². The van der Waals surface area contributed by atoms with Gasteiger partial charge in [0.2, 0.25) is 0 Å². The Bertz CT molecular complexity index is 487. The summed E-state index contributed by atoms with van der Waals surface area (Å²) in [6.07, 6.45) is 3.45. The molecule has 0 spiro atoms. The highest BCUT2D eigenvalue weighted by molar-refractivity contribution is 14.1. The number of halogens is 1. The third-order valence-corrected chi connectivity index (χ3v) is 2.69. The van der Waals surface area contributed by atoms with Crippen LogP contribution < -0.4 is 10.1 Å². The summed E-state index contributed by atoms with van der Waals surface area (Å²) in [4.78, 5) is 8.23. The van der Waals surface area contributed by atoms with Crippen LogP contribution in [0.3, 0.4) is 0 Å². The molecule has 0 aliphatic heterocycles. The highest BCUT2D eigenvalue weighted by atomic mass is 127. The minimum Gasteiger partial charge on any atom is -0.424 e. The van der Waals surface area contributed by atoms with Crippen molar-refractivity contribution in [3.05, 3.63) is 45.8 Å². The second-order valence-electron chi connectivity index (χ2n) is 3.42. The lowest BCUT2D eigenvalue weighted by molar-refractivity contribution is 0.435. The first kappa shape index (κ1) is 12.3. The Labute approximate surface area is 114 Å². The Balaban J connectivity index is 2.20. The molecule has 1 heterocycles. The Morgan fingerprint density at radius 2 is 1.94 bits per heavy atom. The maximum atomic E-state index is 5.65.